The van der Waals surface area contributed by atoms with Crippen LogP contribution in [-0.2, 0) is 9.59 Å². The normalized spacial score (nSPS) is 18.4. The van der Waals surface area contributed by atoms with Crippen LogP contribution in [0.1, 0.15) is 24.8 Å². The summed E-state index contributed by atoms with van der Waals surface area (Å²) in [6.07, 6.45) is 2.55. The number of carbonyl (C=O) groups is 2. The van der Waals surface area contributed by atoms with Gasteiger partial charge in [0.25, 0.3) is 5.91 Å². The molecular formula is C21H22N4O3S. The molecule has 2 aliphatic heterocycles. The molecular weight excluding hydrogens is 388 g/mol. The fourth-order valence-electron chi connectivity index (χ4n) is 3.74. The molecule has 3 heterocycles. The van der Waals surface area contributed by atoms with Gasteiger partial charge in [0, 0.05) is 13.1 Å². The predicted octanol–water partition coefficient (Wildman–Crippen LogP) is 2.84. The molecule has 0 radical (unpaired) electrons. The van der Waals surface area contributed by atoms with Gasteiger partial charge >= 0.3 is 0 Å². The molecule has 1 aromatic carbocycles. The maximum atomic E-state index is 13.0. The number of hydrogen-bond donors (Lipinski definition) is 1. The number of fused-ring (bicyclic) bond motifs is 1. The molecule has 1 aromatic heterocycles. The first-order valence-electron chi connectivity index (χ1n) is 9.72. The van der Waals surface area contributed by atoms with E-state index in [4.69, 9.17) is 10.00 Å². The second kappa shape index (κ2) is 8.53. The summed E-state index contributed by atoms with van der Waals surface area (Å²) in [5.74, 6) is 0.357. The van der Waals surface area contributed by atoms with Crippen molar-refractivity contribution >= 4 is 33.8 Å². The molecule has 1 atom stereocenters. The highest BCUT2D eigenvalue weighted by molar-refractivity contribution is 7.14. The zero-order valence-corrected chi connectivity index (χ0v) is 16.8. The number of carbonyl (C=O) groups excluding carboxylic acids is 2. The maximum absolute atomic E-state index is 13.0. The minimum absolute atomic E-state index is 0.0189. The molecule has 0 aliphatic carbocycles. The molecule has 0 spiro atoms. The van der Waals surface area contributed by atoms with Crippen LogP contribution in [0.5, 0.6) is 5.75 Å². The first-order chi connectivity index (χ1) is 14.2. The summed E-state index contributed by atoms with van der Waals surface area (Å²) in [6, 6.07) is 11.2. The number of nitrogens with one attached hydrogen (secondary N) is 1. The molecule has 2 aliphatic rings. The molecule has 0 unspecified atom stereocenters. The van der Waals surface area contributed by atoms with Gasteiger partial charge in [0.15, 0.2) is 6.10 Å². The Morgan fingerprint density at radius 2 is 2.00 bits per heavy atom. The van der Waals surface area contributed by atoms with E-state index in [1.165, 1.54) is 11.3 Å². The van der Waals surface area contributed by atoms with Crippen LogP contribution in [0.2, 0.25) is 0 Å². The monoisotopic (exact) mass is 410 g/mol. The number of ether oxygens (including phenoxy) is 1. The number of piperidine rings is 1. The third-order valence-electron chi connectivity index (χ3n) is 5.18. The van der Waals surface area contributed by atoms with Gasteiger partial charge in [-0.15, -0.1) is 11.3 Å². The van der Waals surface area contributed by atoms with E-state index in [1.54, 1.807) is 11.4 Å². The minimum atomic E-state index is -0.632. The highest BCUT2D eigenvalue weighted by Gasteiger charge is 2.34. The number of hydrogen-bond acceptors (Lipinski definition) is 6. The van der Waals surface area contributed by atoms with Crippen molar-refractivity contribution in [1.82, 2.24) is 4.90 Å². The molecule has 4 rings (SSSR count). The Bertz CT molecular complexity index is 945. The van der Waals surface area contributed by atoms with Gasteiger partial charge in [0.2, 0.25) is 5.91 Å². The van der Waals surface area contributed by atoms with E-state index in [0.29, 0.717) is 22.9 Å². The Morgan fingerprint density at radius 3 is 2.79 bits per heavy atom. The largest absolute Gasteiger partial charge is 0.477 e. The molecule has 1 N–H and O–H groups in total. The van der Waals surface area contributed by atoms with Crippen molar-refractivity contribution < 1.29 is 14.3 Å². The lowest BCUT2D eigenvalue weighted by Crippen LogP contribution is -2.52. The predicted molar refractivity (Wildman–Crippen MR) is 111 cm³/mol. The van der Waals surface area contributed by atoms with Gasteiger partial charge in [-0.05, 0) is 42.8 Å². The number of nitriles is 1. The Kier molecular flexibility index (Phi) is 5.67. The number of rotatable bonds is 4. The molecule has 2 amide bonds. The fraction of sp³-hybridized carbons (Fsp3) is 0.381. The Balaban J connectivity index is 1.49. The van der Waals surface area contributed by atoms with Crippen LogP contribution in [0.4, 0.5) is 10.7 Å². The molecule has 1 fully saturated rings. The zero-order chi connectivity index (χ0) is 20.2. The summed E-state index contributed by atoms with van der Waals surface area (Å²) in [6.45, 7) is 1.91. The SMILES string of the molecule is N#Cc1ccsc1NC(=O)CN1C[C@@H](C(=O)N2CCCCC2)Oc2ccccc21. The lowest BCUT2D eigenvalue weighted by Gasteiger charge is -2.38. The smallest absolute Gasteiger partial charge is 0.265 e. The quantitative estimate of drug-likeness (QED) is 0.838. The number of amides is 2. The highest BCUT2D eigenvalue weighted by Crippen LogP contribution is 2.33. The average Bonchev–Trinajstić information content (AvgIpc) is 3.20. The van der Waals surface area contributed by atoms with Crippen molar-refractivity contribution in [1.29, 1.82) is 5.26 Å². The van der Waals surface area contributed by atoms with Crippen LogP contribution >= 0.6 is 11.3 Å². The summed E-state index contributed by atoms with van der Waals surface area (Å²) >= 11 is 1.32. The van der Waals surface area contributed by atoms with E-state index >= 15 is 0 Å². The van der Waals surface area contributed by atoms with Gasteiger partial charge in [-0.1, -0.05) is 12.1 Å². The first kappa shape index (κ1) is 19.3. The molecule has 150 valence electrons. The third kappa shape index (κ3) is 4.20. The van der Waals surface area contributed by atoms with Gasteiger partial charge in [0.05, 0.1) is 24.3 Å². The maximum Gasteiger partial charge on any atom is 0.265 e. The van der Waals surface area contributed by atoms with E-state index in [9.17, 15) is 9.59 Å². The number of thiophene rings is 1. The summed E-state index contributed by atoms with van der Waals surface area (Å²) in [5, 5.41) is 14.2. The summed E-state index contributed by atoms with van der Waals surface area (Å²) in [5.41, 5.74) is 1.24. The molecule has 7 nitrogen and oxygen atoms in total. The van der Waals surface area contributed by atoms with E-state index < -0.39 is 6.10 Å². The Hall–Kier alpha value is -3.05. The first-order valence-corrected chi connectivity index (χ1v) is 10.6. The Labute approximate surface area is 173 Å². The van der Waals surface area contributed by atoms with Crippen molar-refractivity contribution in [2.75, 3.05) is 36.4 Å². The van der Waals surface area contributed by atoms with Crippen molar-refractivity contribution in [3.63, 3.8) is 0 Å². The zero-order valence-electron chi connectivity index (χ0n) is 16.0. The van der Waals surface area contributed by atoms with Gasteiger partial charge in [-0.25, -0.2) is 0 Å². The second-order valence-corrected chi connectivity index (χ2v) is 8.08. The standard InChI is InChI=1S/C21H22N4O3S/c22-12-15-8-11-29-20(15)23-19(26)14-25-13-18(21(27)24-9-4-1-5-10-24)28-17-7-3-2-6-16(17)25/h2-3,6-8,11,18H,1,4-5,9-10,13-14H2,(H,23,26)/t18-/m0/s1. The van der Waals surface area contributed by atoms with Crippen molar-refractivity contribution in [2.45, 2.75) is 25.4 Å². The van der Waals surface area contributed by atoms with Gasteiger partial charge in [0.1, 0.15) is 16.8 Å². The molecule has 2 aromatic rings. The minimum Gasteiger partial charge on any atom is -0.477 e. The number of anilines is 2. The lowest BCUT2D eigenvalue weighted by molar-refractivity contribution is -0.139. The number of nitrogens with zero attached hydrogens (tertiary/aromatic N) is 3. The van der Waals surface area contributed by atoms with Crippen molar-refractivity contribution in [2.24, 2.45) is 0 Å². The van der Waals surface area contributed by atoms with E-state index in [-0.39, 0.29) is 18.4 Å². The van der Waals surface area contributed by atoms with Crippen LogP contribution in [0.25, 0.3) is 0 Å². The summed E-state index contributed by atoms with van der Waals surface area (Å²) < 4.78 is 6.00. The average molecular weight is 410 g/mol. The van der Waals surface area contributed by atoms with E-state index in [0.717, 1.165) is 38.0 Å². The van der Waals surface area contributed by atoms with Crippen LogP contribution in [-0.4, -0.2) is 49.0 Å². The van der Waals surface area contributed by atoms with Gasteiger partial charge in [-0.3, -0.25) is 9.59 Å². The summed E-state index contributed by atoms with van der Waals surface area (Å²) in [4.78, 5) is 29.4. The van der Waals surface area contributed by atoms with E-state index in [1.807, 2.05) is 34.1 Å². The molecule has 8 heteroatoms. The van der Waals surface area contributed by atoms with Crippen molar-refractivity contribution in [3.05, 3.63) is 41.3 Å². The lowest BCUT2D eigenvalue weighted by atomic mass is 10.1. The molecule has 1 saturated heterocycles. The second-order valence-electron chi connectivity index (χ2n) is 7.16. The van der Waals surface area contributed by atoms with Crippen LogP contribution in [0.15, 0.2) is 35.7 Å². The van der Waals surface area contributed by atoms with Gasteiger partial charge < -0.3 is 19.9 Å². The van der Waals surface area contributed by atoms with Gasteiger partial charge in [-0.2, -0.15) is 5.26 Å². The molecule has 0 saturated carbocycles. The third-order valence-corrected chi connectivity index (χ3v) is 6.01. The number of benzene rings is 1. The number of para-hydroxylation sites is 2. The number of likely N-dealkylation sites (tertiary alicyclic amines) is 1. The topological polar surface area (TPSA) is 85.7 Å². The highest BCUT2D eigenvalue weighted by atomic mass is 32.1. The van der Waals surface area contributed by atoms with Crippen LogP contribution < -0.4 is 15.0 Å². The van der Waals surface area contributed by atoms with E-state index in [2.05, 4.69) is 11.4 Å². The fourth-order valence-corrected chi connectivity index (χ4v) is 4.49. The Morgan fingerprint density at radius 1 is 1.21 bits per heavy atom. The van der Waals surface area contributed by atoms with Crippen LogP contribution in [0.3, 0.4) is 0 Å². The molecule has 29 heavy (non-hydrogen) atoms. The van der Waals surface area contributed by atoms with Crippen molar-refractivity contribution in [3.8, 4) is 11.8 Å². The van der Waals surface area contributed by atoms with Crippen LogP contribution in [0, 0.1) is 11.3 Å². The summed E-state index contributed by atoms with van der Waals surface area (Å²) in [7, 11) is 0. The molecule has 0 bridgehead atoms.